The molecule has 0 aliphatic carbocycles. The van der Waals surface area contributed by atoms with E-state index in [-0.39, 0.29) is 23.9 Å². The fraction of sp³-hybridized carbons (Fsp3) is 0.227. The Morgan fingerprint density at radius 1 is 0.862 bits per heavy atom. The van der Waals surface area contributed by atoms with E-state index in [1.807, 2.05) is 30.3 Å². The molecule has 3 aromatic rings. The van der Waals surface area contributed by atoms with Crippen molar-refractivity contribution in [3.63, 3.8) is 0 Å². The molecule has 29 heavy (non-hydrogen) atoms. The first kappa shape index (κ1) is 19.4. The molecule has 4 rings (SSSR count). The molecule has 1 saturated heterocycles. The van der Waals surface area contributed by atoms with Gasteiger partial charge in [0.2, 0.25) is 10.0 Å². The van der Waals surface area contributed by atoms with Gasteiger partial charge in [-0.2, -0.15) is 4.31 Å². The zero-order valence-electron chi connectivity index (χ0n) is 16.1. The number of benzene rings is 3. The number of amides is 1. The summed E-state index contributed by atoms with van der Waals surface area (Å²) in [6.45, 7) is 1.27. The zero-order chi connectivity index (χ0) is 20.4. The third-order valence-electron chi connectivity index (χ3n) is 5.22. The second-order valence-corrected chi connectivity index (χ2v) is 8.87. The van der Waals surface area contributed by atoms with Gasteiger partial charge in [0.1, 0.15) is 5.75 Å². The number of fused-ring (bicyclic) bond motifs is 1. The van der Waals surface area contributed by atoms with E-state index in [0.29, 0.717) is 24.4 Å². The van der Waals surface area contributed by atoms with Gasteiger partial charge in [-0.15, -0.1) is 0 Å². The molecule has 1 aliphatic heterocycles. The molecule has 1 aliphatic rings. The topological polar surface area (TPSA) is 66.9 Å². The van der Waals surface area contributed by atoms with Crippen molar-refractivity contribution in [2.75, 3.05) is 33.3 Å². The maximum Gasteiger partial charge on any atom is 0.253 e. The number of methoxy groups -OCH3 is 1. The highest BCUT2D eigenvalue weighted by Gasteiger charge is 2.30. The van der Waals surface area contributed by atoms with Gasteiger partial charge in [-0.1, -0.05) is 30.3 Å². The Morgan fingerprint density at radius 3 is 2.17 bits per heavy atom. The predicted octanol–water partition coefficient (Wildman–Crippen LogP) is 3.00. The Hall–Kier alpha value is -2.90. The fourth-order valence-corrected chi connectivity index (χ4v) is 4.98. The minimum absolute atomic E-state index is 0.101. The molecule has 150 valence electrons. The second kappa shape index (κ2) is 7.85. The zero-order valence-corrected chi connectivity index (χ0v) is 16.9. The average molecular weight is 410 g/mol. The van der Waals surface area contributed by atoms with Crippen molar-refractivity contribution < 1.29 is 17.9 Å². The van der Waals surface area contributed by atoms with Crippen LogP contribution in [0.25, 0.3) is 10.8 Å². The fourth-order valence-electron chi connectivity index (χ4n) is 3.52. The van der Waals surface area contributed by atoms with Crippen LogP contribution in [0.3, 0.4) is 0 Å². The molecule has 0 N–H and O–H groups in total. The minimum atomic E-state index is -3.60. The highest BCUT2D eigenvalue weighted by Crippen LogP contribution is 2.23. The Kier molecular flexibility index (Phi) is 5.25. The molecule has 6 nitrogen and oxygen atoms in total. The minimum Gasteiger partial charge on any atom is -0.497 e. The predicted molar refractivity (Wildman–Crippen MR) is 112 cm³/mol. The Balaban J connectivity index is 1.46. The Bertz CT molecular complexity index is 1130. The summed E-state index contributed by atoms with van der Waals surface area (Å²) < 4.78 is 32.7. The number of hydrogen-bond acceptors (Lipinski definition) is 4. The summed E-state index contributed by atoms with van der Waals surface area (Å²) in [5.74, 6) is 0.586. The first-order chi connectivity index (χ1) is 14.0. The van der Waals surface area contributed by atoms with Crippen molar-refractivity contribution in [2.45, 2.75) is 4.90 Å². The van der Waals surface area contributed by atoms with E-state index in [0.717, 1.165) is 10.8 Å². The molecule has 3 aromatic carbocycles. The lowest BCUT2D eigenvalue weighted by Crippen LogP contribution is -2.50. The Morgan fingerprint density at radius 2 is 1.52 bits per heavy atom. The van der Waals surface area contributed by atoms with Gasteiger partial charge in [0.15, 0.2) is 0 Å². The first-order valence-corrected chi connectivity index (χ1v) is 10.9. The van der Waals surface area contributed by atoms with E-state index in [1.165, 1.54) is 4.31 Å². The van der Waals surface area contributed by atoms with E-state index in [2.05, 4.69) is 0 Å². The van der Waals surface area contributed by atoms with Gasteiger partial charge in [-0.25, -0.2) is 8.42 Å². The van der Waals surface area contributed by atoms with Gasteiger partial charge >= 0.3 is 0 Å². The van der Waals surface area contributed by atoms with Crippen LogP contribution in [-0.2, 0) is 10.0 Å². The number of carbonyl (C=O) groups is 1. The first-order valence-electron chi connectivity index (χ1n) is 9.41. The number of nitrogens with zero attached hydrogens (tertiary/aromatic N) is 2. The van der Waals surface area contributed by atoms with E-state index < -0.39 is 10.0 Å². The molecule has 1 amide bonds. The van der Waals surface area contributed by atoms with Crippen LogP contribution >= 0.6 is 0 Å². The lowest BCUT2D eigenvalue weighted by atomic mass is 10.1. The summed E-state index contributed by atoms with van der Waals surface area (Å²) in [6, 6.07) is 19.8. The summed E-state index contributed by atoms with van der Waals surface area (Å²) in [5, 5.41) is 1.89. The monoisotopic (exact) mass is 410 g/mol. The summed E-state index contributed by atoms with van der Waals surface area (Å²) in [5.41, 5.74) is 0.566. The molecule has 0 atom stereocenters. The van der Waals surface area contributed by atoms with Gasteiger partial charge in [-0.05, 0) is 47.2 Å². The molecule has 0 bridgehead atoms. The average Bonchev–Trinajstić information content (AvgIpc) is 2.78. The quantitative estimate of drug-likeness (QED) is 0.663. The van der Waals surface area contributed by atoms with Gasteiger partial charge < -0.3 is 9.64 Å². The SMILES string of the molecule is COc1ccc(C(=O)N2CCN(S(=O)(=O)c3ccc4ccccc4c3)CC2)cc1. The number of carbonyl (C=O) groups excluding carboxylic acids is 1. The van der Waals surface area contributed by atoms with Gasteiger partial charge in [0.25, 0.3) is 5.91 Å². The van der Waals surface area contributed by atoms with Crippen LogP contribution in [0.5, 0.6) is 5.75 Å². The highest BCUT2D eigenvalue weighted by molar-refractivity contribution is 7.89. The van der Waals surface area contributed by atoms with Crippen molar-refractivity contribution in [1.82, 2.24) is 9.21 Å². The molecule has 0 unspecified atom stereocenters. The summed E-state index contributed by atoms with van der Waals surface area (Å²) in [7, 11) is -2.02. The second-order valence-electron chi connectivity index (χ2n) is 6.93. The van der Waals surface area contributed by atoms with Crippen LogP contribution in [0.4, 0.5) is 0 Å². The number of piperazine rings is 1. The smallest absolute Gasteiger partial charge is 0.253 e. The molecule has 0 aromatic heterocycles. The van der Waals surface area contributed by atoms with Crippen molar-refractivity contribution in [3.05, 3.63) is 72.3 Å². The number of rotatable bonds is 4. The molecular weight excluding hydrogens is 388 g/mol. The van der Waals surface area contributed by atoms with Crippen LogP contribution in [0.1, 0.15) is 10.4 Å². The lowest BCUT2D eigenvalue weighted by Gasteiger charge is -2.34. The van der Waals surface area contributed by atoms with Crippen LogP contribution < -0.4 is 4.74 Å². The lowest BCUT2D eigenvalue weighted by molar-refractivity contribution is 0.0698. The van der Waals surface area contributed by atoms with E-state index >= 15 is 0 Å². The van der Waals surface area contributed by atoms with E-state index in [9.17, 15) is 13.2 Å². The summed E-state index contributed by atoms with van der Waals surface area (Å²) in [4.78, 5) is 14.7. The summed E-state index contributed by atoms with van der Waals surface area (Å²) >= 11 is 0. The van der Waals surface area contributed by atoms with E-state index in [1.54, 1.807) is 48.4 Å². The third kappa shape index (κ3) is 3.83. The molecule has 1 heterocycles. The van der Waals surface area contributed by atoms with Gasteiger partial charge in [-0.3, -0.25) is 4.79 Å². The standard InChI is InChI=1S/C22H22N2O4S/c1-28-20-9-6-18(7-10-20)22(25)23-12-14-24(15-13-23)29(26,27)21-11-8-17-4-2-3-5-19(17)16-21/h2-11,16H,12-15H2,1H3. The van der Waals surface area contributed by atoms with Crippen molar-refractivity contribution in [2.24, 2.45) is 0 Å². The van der Waals surface area contributed by atoms with Crippen molar-refractivity contribution >= 4 is 26.7 Å². The van der Waals surface area contributed by atoms with Crippen LogP contribution in [0.15, 0.2) is 71.6 Å². The van der Waals surface area contributed by atoms with Gasteiger partial charge in [0.05, 0.1) is 12.0 Å². The molecule has 0 radical (unpaired) electrons. The molecule has 7 heteroatoms. The molecule has 1 fully saturated rings. The van der Waals surface area contributed by atoms with Crippen molar-refractivity contribution in [1.29, 1.82) is 0 Å². The largest absolute Gasteiger partial charge is 0.497 e. The maximum absolute atomic E-state index is 13.1. The maximum atomic E-state index is 13.1. The third-order valence-corrected chi connectivity index (χ3v) is 7.12. The van der Waals surface area contributed by atoms with E-state index in [4.69, 9.17) is 4.74 Å². The number of sulfonamides is 1. The number of hydrogen-bond donors (Lipinski definition) is 0. The Labute approximate surface area is 170 Å². The summed E-state index contributed by atoms with van der Waals surface area (Å²) in [6.07, 6.45) is 0. The molecule has 0 spiro atoms. The number of ether oxygens (including phenoxy) is 1. The van der Waals surface area contributed by atoms with Crippen LogP contribution in [-0.4, -0.2) is 56.8 Å². The van der Waals surface area contributed by atoms with Crippen LogP contribution in [0.2, 0.25) is 0 Å². The molecule has 0 saturated carbocycles. The van der Waals surface area contributed by atoms with Crippen molar-refractivity contribution in [3.8, 4) is 5.75 Å². The van der Waals surface area contributed by atoms with Crippen LogP contribution in [0, 0.1) is 0 Å². The molecular formula is C22H22N2O4S. The highest BCUT2D eigenvalue weighted by atomic mass is 32.2. The van der Waals surface area contributed by atoms with Gasteiger partial charge in [0, 0.05) is 31.7 Å². The normalized spacial score (nSPS) is 15.4.